The predicted octanol–water partition coefficient (Wildman–Crippen LogP) is 5.41. The number of hydrogen-bond donors (Lipinski definition) is 3. The Hall–Kier alpha value is -2.94. The van der Waals surface area contributed by atoms with Crippen LogP contribution in [0.3, 0.4) is 0 Å². The topological polar surface area (TPSA) is 100 Å². The average Bonchev–Trinajstić information content (AvgIpc) is 3.18. The number of fused-ring (bicyclic) bond motifs is 1. The molecule has 0 aliphatic heterocycles. The summed E-state index contributed by atoms with van der Waals surface area (Å²) in [5.41, 5.74) is 2.06. The summed E-state index contributed by atoms with van der Waals surface area (Å²) in [5, 5.41) is 17.9. The second kappa shape index (κ2) is 7.59. The molecule has 0 fully saturated rings. The van der Waals surface area contributed by atoms with Crippen molar-refractivity contribution < 1.29 is 9.90 Å². The molecule has 2 amide bonds. The number of phenolic OH excluding ortho intramolecular Hbond substituents is 1. The molecule has 7 nitrogen and oxygen atoms in total. The van der Waals surface area contributed by atoms with Gasteiger partial charge in [0, 0.05) is 5.56 Å². The Bertz CT molecular complexity index is 1160. The number of anilines is 2. The van der Waals surface area contributed by atoms with E-state index in [1.807, 2.05) is 11.4 Å². The summed E-state index contributed by atoms with van der Waals surface area (Å²) < 4.78 is 0. The molecule has 0 spiro atoms. The highest BCUT2D eigenvalue weighted by atomic mass is 35.5. The van der Waals surface area contributed by atoms with Gasteiger partial charge in [0.15, 0.2) is 17.2 Å². The van der Waals surface area contributed by atoms with Gasteiger partial charge in [0.25, 0.3) is 0 Å². The van der Waals surface area contributed by atoms with Crippen molar-refractivity contribution in [2.75, 3.05) is 10.6 Å². The summed E-state index contributed by atoms with van der Waals surface area (Å²) in [6, 6.07) is 9.80. The number of hydrogen-bond acceptors (Lipinski definition) is 6. The molecule has 0 bridgehead atoms. The number of rotatable bonds is 3. The Morgan fingerprint density at radius 2 is 1.86 bits per heavy atom. The molecule has 3 heterocycles. The highest BCUT2D eigenvalue weighted by molar-refractivity contribution is 7.14. The highest BCUT2D eigenvalue weighted by Gasteiger charge is 2.11. The first-order valence-electron chi connectivity index (χ1n) is 7.93. The standard InChI is InChI=1S/C18H11Cl2N5O2S/c19-10-6-9(7-11(20)16(10)26)12-3-4-13-17(22-12)23-14(8-21-13)24-18(27)25-15-2-1-5-28-15/h1-8,26H,(H2,22,23,24,25,27). The van der Waals surface area contributed by atoms with Gasteiger partial charge >= 0.3 is 6.03 Å². The highest BCUT2D eigenvalue weighted by Crippen LogP contribution is 2.36. The molecule has 0 radical (unpaired) electrons. The number of halogens is 2. The minimum atomic E-state index is -0.427. The molecule has 0 aliphatic rings. The van der Waals surface area contributed by atoms with Gasteiger partial charge < -0.3 is 5.11 Å². The summed E-state index contributed by atoms with van der Waals surface area (Å²) in [5.74, 6) is 0.0730. The lowest BCUT2D eigenvalue weighted by Gasteiger charge is -2.08. The van der Waals surface area contributed by atoms with Crippen molar-refractivity contribution >= 4 is 62.6 Å². The number of carbonyl (C=O) groups is 1. The zero-order valence-corrected chi connectivity index (χ0v) is 16.3. The summed E-state index contributed by atoms with van der Waals surface area (Å²) in [4.78, 5) is 25.1. The van der Waals surface area contributed by atoms with E-state index in [-0.39, 0.29) is 21.6 Å². The number of nitrogens with zero attached hydrogens (tertiary/aromatic N) is 3. The second-order valence-electron chi connectivity index (χ2n) is 5.64. The molecule has 3 N–H and O–H groups in total. The molecule has 0 saturated heterocycles. The van der Waals surface area contributed by atoms with E-state index in [1.54, 1.807) is 30.3 Å². The van der Waals surface area contributed by atoms with Gasteiger partial charge in [-0.15, -0.1) is 11.3 Å². The largest absolute Gasteiger partial charge is 0.505 e. The van der Waals surface area contributed by atoms with E-state index >= 15 is 0 Å². The number of phenols is 1. The van der Waals surface area contributed by atoms with Crippen LogP contribution in [0.25, 0.3) is 22.4 Å². The molecule has 4 aromatic rings. The third-order valence-corrected chi connectivity index (χ3v) is 5.08. The zero-order valence-electron chi connectivity index (χ0n) is 14.0. The van der Waals surface area contributed by atoms with Gasteiger partial charge in [0.05, 0.1) is 26.9 Å². The van der Waals surface area contributed by atoms with Gasteiger partial charge in [-0.05, 0) is 41.8 Å². The first kappa shape index (κ1) is 18.4. The lowest BCUT2D eigenvalue weighted by Crippen LogP contribution is -2.19. The molecule has 0 aliphatic carbocycles. The number of aromatic nitrogens is 3. The van der Waals surface area contributed by atoms with Crippen molar-refractivity contribution in [2.24, 2.45) is 0 Å². The van der Waals surface area contributed by atoms with Crippen LogP contribution in [0.2, 0.25) is 10.0 Å². The minimum Gasteiger partial charge on any atom is -0.505 e. The number of amides is 2. The maximum atomic E-state index is 12.1. The summed E-state index contributed by atoms with van der Waals surface area (Å²) >= 11 is 13.4. The Balaban J connectivity index is 1.63. The van der Waals surface area contributed by atoms with E-state index in [1.165, 1.54) is 17.5 Å². The molecule has 0 unspecified atom stereocenters. The summed E-state index contributed by atoms with van der Waals surface area (Å²) in [7, 11) is 0. The summed E-state index contributed by atoms with van der Waals surface area (Å²) in [6.07, 6.45) is 1.45. The van der Waals surface area contributed by atoms with E-state index in [4.69, 9.17) is 23.2 Å². The molecule has 4 rings (SSSR count). The lowest BCUT2D eigenvalue weighted by atomic mass is 10.1. The first-order valence-corrected chi connectivity index (χ1v) is 9.57. The van der Waals surface area contributed by atoms with Gasteiger partial charge in [-0.2, -0.15) is 0 Å². The Morgan fingerprint density at radius 1 is 1.07 bits per heavy atom. The number of aromatic hydroxyl groups is 1. The molecule has 0 saturated carbocycles. The van der Waals surface area contributed by atoms with Crippen LogP contribution in [-0.4, -0.2) is 26.1 Å². The van der Waals surface area contributed by atoms with E-state index in [2.05, 4.69) is 25.6 Å². The SMILES string of the molecule is O=C(Nc1cnc2ccc(-c3cc(Cl)c(O)c(Cl)c3)nc2n1)Nc1cccs1. The Kier molecular flexibility index (Phi) is 4.99. The minimum absolute atomic E-state index is 0.121. The van der Waals surface area contributed by atoms with Crippen LogP contribution in [0.4, 0.5) is 15.6 Å². The van der Waals surface area contributed by atoms with Crippen LogP contribution >= 0.6 is 34.5 Å². The van der Waals surface area contributed by atoms with Crippen molar-refractivity contribution in [1.82, 2.24) is 15.0 Å². The number of nitrogens with one attached hydrogen (secondary N) is 2. The van der Waals surface area contributed by atoms with Crippen molar-refractivity contribution in [1.29, 1.82) is 0 Å². The maximum Gasteiger partial charge on any atom is 0.325 e. The molecule has 3 aromatic heterocycles. The molecular weight excluding hydrogens is 421 g/mol. The Labute approximate surface area is 173 Å². The quantitative estimate of drug-likeness (QED) is 0.402. The molecule has 1 aromatic carbocycles. The zero-order chi connectivity index (χ0) is 19.7. The van der Waals surface area contributed by atoms with Gasteiger partial charge in [-0.25, -0.2) is 19.7 Å². The summed E-state index contributed by atoms with van der Waals surface area (Å²) in [6.45, 7) is 0. The van der Waals surface area contributed by atoms with E-state index in [0.29, 0.717) is 27.4 Å². The van der Waals surface area contributed by atoms with Crippen molar-refractivity contribution in [2.45, 2.75) is 0 Å². The van der Waals surface area contributed by atoms with Crippen molar-refractivity contribution in [3.05, 3.63) is 58.0 Å². The Morgan fingerprint density at radius 3 is 2.57 bits per heavy atom. The fourth-order valence-corrected chi connectivity index (χ4v) is 3.54. The third-order valence-electron chi connectivity index (χ3n) is 3.72. The normalized spacial score (nSPS) is 10.8. The van der Waals surface area contributed by atoms with Crippen molar-refractivity contribution in [3.8, 4) is 17.0 Å². The molecule has 28 heavy (non-hydrogen) atoms. The molecule has 0 atom stereocenters. The van der Waals surface area contributed by atoms with E-state index in [9.17, 15) is 9.90 Å². The number of benzene rings is 1. The van der Waals surface area contributed by atoms with Crippen LogP contribution < -0.4 is 10.6 Å². The molecule has 10 heteroatoms. The fourth-order valence-electron chi connectivity index (χ4n) is 2.44. The van der Waals surface area contributed by atoms with Crippen LogP contribution in [-0.2, 0) is 0 Å². The maximum absolute atomic E-state index is 12.1. The number of urea groups is 1. The second-order valence-corrected chi connectivity index (χ2v) is 7.40. The van der Waals surface area contributed by atoms with Crippen LogP contribution in [0.1, 0.15) is 0 Å². The number of thiophene rings is 1. The first-order chi connectivity index (χ1) is 13.5. The third kappa shape index (κ3) is 3.84. The monoisotopic (exact) mass is 431 g/mol. The smallest absolute Gasteiger partial charge is 0.325 e. The lowest BCUT2D eigenvalue weighted by molar-refractivity contribution is 0.262. The number of carbonyl (C=O) groups excluding carboxylic acids is 1. The van der Waals surface area contributed by atoms with E-state index in [0.717, 1.165) is 0 Å². The van der Waals surface area contributed by atoms with Crippen LogP contribution in [0, 0.1) is 0 Å². The van der Waals surface area contributed by atoms with Gasteiger partial charge in [0.1, 0.15) is 5.52 Å². The van der Waals surface area contributed by atoms with Crippen LogP contribution in [0.15, 0.2) is 48.0 Å². The van der Waals surface area contributed by atoms with E-state index < -0.39 is 6.03 Å². The van der Waals surface area contributed by atoms with Gasteiger partial charge in [-0.1, -0.05) is 23.2 Å². The number of pyridine rings is 1. The predicted molar refractivity (Wildman–Crippen MR) is 111 cm³/mol. The molecular formula is C18H11Cl2N5O2S. The van der Waals surface area contributed by atoms with Crippen molar-refractivity contribution in [3.63, 3.8) is 0 Å². The fraction of sp³-hybridized carbons (Fsp3) is 0. The van der Waals surface area contributed by atoms with Gasteiger partial charge in [0.2, 0.25) is 0 Å². The average molecular weight is 432 g/mol. The van der Waals surface area contributed by atoms with Gasteiger partial charge in [-0.3, -0.25) is 10.6 Å². The molecule has 140 valence electrons. The van der Waals surface area contributed by atoms with Crippen LogP contribution in [0.5, 0.6) is 5.75 Å².